The summed E-state index contributed by atoms with van der Waals surface area (Å²) in [4.78, 5) is 24.1. The molecule has 94 valence electrons. The Morgan fingerprint density at radius 3 is 2.12 bits per heavy atom. The van der Waals surface area contributed by atoms with Gasteiger partial charge in [0.25, 0.3) is 0 Å². The number of urea groups is 1. The highest BCUT2D eigenvalue weighted by molar-refractivity contribution is 5.77. The molecule has 0 fully saturated rings. The molecule has 0 aromatic carbocycles. The quantitative estimate of drug-likeness (QED) is 0.641. The zero-order chi connectivity index (χ0) is 12.4. The van der Waals surface area contributed by atoms with Crippen LogP contribution in [0.15, 0.2) is 0 Å². The summed E-state index contributed by atoms with van der Waals surface area (Å²) >= 11 is 0. The predicted octanol–water partition coefficient (Wildman–Crippen LogP) is 0.607. The molecule has 5 nitrogen and oxygen atoms in total. The first kappa shape index (κ1) is 14.9. The van der Waals surface area contributed by atoms with Crippen molar-refractivity contribution in [2.45, 2.75) is 27.2 Å². The predicted molar refractivity (Wildman–Crippen MR) is 64.5 cm³/mol. The molecule has 0 spiro atoms. The van der Waals surface area contributed by atoms with Crippen molar-refractivity contribution in [3.63, 3.8) is 0 Å². The number of ketones is 1. The van der Waals surface area contributed by atoms with Gasteiger partial charge in [-0.05, 0) is 20.0 Å². The first-order valence-corrected chi connectivity index (χ1v) is 5.83. The van der Waals surface area contributed by atoms with Crippen molar-refractivity contribution in [3.05, 3.63) is 0 Å². The van der Waals surface area contributed by atoms with Crippen molar-refractivity contribution in [1.82, 2.24) is 15.5 Å². The second-order valence-corrected chi connectivity index (χ2v) is 3.66. The van der Waals surface area contributed by atoms with Crippen LogP contribution in [0.3, 0.4) is 0 Å². The zero-order valence-corrected chi connectivity index (χ0v) is 10.5. The van der Waals surface area contributed by atoms with E-state index in [-0.39, 0.29) is 11.8 Å². The standard InChI is InChI=1S/C11H23N3O2/c1-4-14(5-2)9-8-13-11(16)12-7-6-10(3)15/h4-9H2,1-3H3,(H2,12,13,16). The van der Waals surface area contributed by atoms with E-state index in [0.29, 0.717) is 19.5 Å². The normalized spacial score (nSPS) is 10.2. The van der Waals surface area contributed by atoms with E-state index in [1.54, 1.807) is 0 Å². The van der Waals surface area contributed by atoms with Crippen LogP contribution >= 0.6 is 0 Å². The number of carbonyl (C=O) groups excluding carboxylic acids is 2. The molecule has 2 N–H and O–H groups in total. The van der Waals surface area contributed by atoms with Crippen LogP contribution in [0, 0.1) is 0 Å². The Bertz CT molecular complexity index is 215. The van der Waals surface area contributed by atoms with E-state index in [4.69, 9.17) is 0 Å². The fourth-order valence-corrected chi connectivity index (χ4v) is 1.28. The highest BCUT2D eigenvalue weighted by Gasteiger charge is 2.02. The monoisotopic (exact) mass is 229 g/mol. The number of likely N-dealkylation sites (N-methyl/N-ethyl adjacent to an activating group) is 1. The van der Waals surface area contributed by atoms with Gasteiger partial charge in [0, 0.05) is 26.1 Å². The van der Waals surface area contributed by atoms with E-state index in [9.17, 15) is 9.59 Å². The Morgan fingerprint density at radius 2 is 1.62 bits per heavy atom. The molecule has 0 aliphatic carbocycles. The van der Waals surface area contributed by atoms with Crippen LogP contribution in [0.25, 0.3) is 0 Å². The molecule has 5 heteroatoms. The van der Waals surface area contributed by atoms with E-state index >= 15 is 0 Å². The Kier molecular flexibility index (Phi) is 8.52. The van der Waals surface area contributed by atoms with Gasteiger partial charge in [0.2, 0.25) is 0 Å². The summed E-state index contributed by atoms with van der Waals surface area (Å²) in [7, 11) is 0. The van der Waals surface area contributed by atoms with Crippen molar-refractivity contribution >= 4 is 11.8 Å². The first-order valence-electron chi connectivity index (χ1n) is 5.83. The maximum Gasteiger partial charge on any atom is 0.314 e. The summed E-state index contributed by atoms with van der Waals surface area (Å²) in [6.45, 7) is 9.58. The molecule has 0 atom stereocenters. The molecular weight excluding hydrogens is 206 g/mol. The van der Waals surface area contributed by atoms with E-state index < -0.39 is 0 Å². The third-order valence-corrected chi connectivity index (χ3v) is 2.37. The molecule has 0 unspecified atom stereocenters. The fraction of sp³-hybridized carbons (Fsp3) is 0.818. The molecule has 0 heterocycles. The Balaban J connectivity index is 3.46. The Labute approximate surface area is 97.6 Å². The van der Waals surface area contributed by atoms with Gasteiger partial charge in [0.1, 0.15) is 5.78 Å². The summed E-state index contributed by atoms with van der Waals surface area (Å²) in [5, 5.41) is 5.39. The van der Waals surface area contributed by atoms with Gasteiger partial charge < -0.3 is 15.5 Å². The fourth-order valence-electron chi connectivity index (χ4n) is 1.28. The van der Waals surface area contributed by atoms with Crippen LogP contribution in [0.4, 0.5) is 4.79 Å². The Hall–Kier alpha value is -1.10. The molecule has 16 heavy (non-hydrogen) atoms. The molecule has 0 aliphatic heterocycles. The van der Waals surface area contributed by atoms with Gasteiger partial charge in [-0.25, -0.2) is 4.79 Å². The lowest BCUT2D eigenvalue weighted by Crippen LogP contribution is -2.40. The number of rotatable bonds is 8. The van der Waals surface area contributed by atoms with Crippen molar-refractivity contribution in [2.75, 3.05) is 32.7 Å². The first-order chi connectivity index (χ1) is 7.60. The number of amides is 2. The number of hydrogen-bond acceptors (Lipinski definition) is 3. The highest BCUT2D eigenvalue weighted by atomic mass is 16.2. The van der Waals surface area contributed by atoms with E-state index in [1.165, 1.54) is 6.92 Å². The molecule has 0 saturated heterocycles. The molecule has 0 aromatic heterocycles. The SMILES string of the molecule is CCN(CC)CCNC(=O)NCCC(C)=O. The van der Waals surface area contributed by atoms with Gasteiger partial charge in [0.15, 0.2) is 0 Å². The van der Waals surface area contributed by atoms with Gasteiger partial charge in [-0.1, -0.05) is 13.8 Å². The van der Waals surface area contributed by atoms with Crippen molar-refractivity contribution < 1.29 is 9.59 Å². The minimum Gasteiger partial charge on any atom is -0.338 e. The Morgan fingerprint density at radius 1 is 1.06 bits per heavy atom. The maximum absolute atomic E-state index is 11.2. The summed E-state index contributed by atoms with van der Waals surface area (Å²) < 4.78 is 0. The minimum absolute atomic E-state index is 0.0865. The molecule has 0 radical (unpaired) electrons. The van der Waals surface area contributed by atoms with Crippen LogP contribution < -0.4 is 10.6 Å². The lowest BCUT2D eigenvalue weighted by Gasteiger charge is -2.18. The van der Waals surface area contributed by atoms with Gasteiger partial charge in [-0.3, -0.25) is 4.79 Å². The van der Waals surface area contributed by atoms with Crippen molar-refractivity contribution in [2.24, 2.45) is 0 Å². The number of Topliss-reactive ketones (excluding diaryl/α,β-unsaturated/α-hetero) is 1. The topological polar surface area (TPSA) is 61.4 Å². The molecule has 0 bridgehead atoms. The van der Waals surface area contributed by atoms with Gasteiger partial charge in [0.05, 0.1) is 0 Å². The number of hydrogen-bond donors (Lipinski definition) is 2. The number of nitrogens with zero attached hydrogens (tertiary/aromatic N) is 1. The molecular formula is C11H23N3O2. The smallest absolute Gasteiger partial charge is 0.314 e. The van der Waals surface area contributed by atoms with Crippen LogP contribution in [0.1, 0.15) is 27.2 Å². The zero-order valence-electron chi connectivity index (χ0n) is 10.5. The van der Waals surface area contributed by atoms with Crippen LogP contribution in [0.2, 0.25) is 0 Å². The third-order valence-electron chi connectivity index (χ3n) is 2.37. The second-order valence-electron chi connectivity index (χ2n) is 3.66. The van der Waals surface area contributed by atoms with Crippen LogP contribution in [-0.4, -0.2) is 49.4 Å². The molecule has 2 amide bonds. The molecule has 0 rings (SSSR count). The molecule has 0 aliphatic rings. The van der Waals surface area contributed by atoms with E-state index in [1.807, 2.05) is 0 Å². The molecule has 0 saturated carbocycles. The third kappa shape index (κ3) is 8.23. The average molecular weight is 229 g/mol. The highest BCUT2D eigenvalue weighted by Crippen LogP contribution is 1.84. The van der Waals surface area contributed by atoms with Crippen molar-refractivity contribution in [3.8, 4) is 0 Å². The van der Waals surface area contributed by atoms with E-state index in [0.717, 1.165) is 19.6 Å². The molecule has 0 aromatic rings. The minimum atomic E-state index is -0.201. The number of carbonyl (C=O) groups is 2. The lowest BCUT2D eigenvalue weighted by atomic mass is 10.3. The maximum atomic E-state index is 11.2. The van der Waals surface area contributed by atoms with Gasteiger partial charge in [-0.15, -0.1) is 0 Å². The summed E-state index contributed by atoms with van der Waals surface area (Å²) in [6.07, 6.45) is 0.392. The summed E-state index contributed by atoms with van der Waals surface area (Å²) in [6, 6.07) is -0.201. The van der Waals surface area contributed by atoms with Crippen LogP contribution in [-0.2, 0) is 4.79 Å². The van der Waals surface area contributed by atoms with Gasteiger partial charge in [-0.2, -0.15) is 0 Å². The van der Waals surface area contributed by atoms with Crippen molar-refractivity contribution in [1.29, 1.82) is 0 Å². The van der Waals surface area contributed by atoms with Crippen LogP contribution in [0.5, 0.6) is 0 Å². The largest absolute Gasteiger partial charge is 0.338 e. The lowest BCUT2D eigenvalue weighted by molar-refractivity contribution is -0.116. The van der Waals surface area contributed by atoms with E-state index in [2.05, 4.69) is 29.4 Å². The average Bonchev–Trinajstić information content (AvgIpc) is 2.24. The summed E-state index contributed by atoms with van der Waals surface area (Å²) in [5.41, 5.74) is 0. The number of nitrogens with one attached hydrogen (secondary N) is 2. The second kappa shape index (κ2) is 9.15. The van der Waals surface area contributed by atoms with Gasteiger partial charge >= 0.3 is 6.03 Å². The summed E-state index contributed by atoms with van der Waals surface area (Å²) in [5.74, 6) is 0.0865.